The van der Waals surface area contributed by atoms with Crippen LogP contribution in [0, 0.1) is 0 Å². The predicted octanol–water partition coefficient (Wildman–Crippen LogP) is 4.86. The molecule has 0 saturated carbocycles. The van der Waals surface area contributed by atoms with Crippen LogP contribution in [-0.2, 0) is 13.0 Å². The van der Waals surface area contributed by atoms with E-state index in [1.54, 1.807) is 0 Å². The van der Waals surface area contributed by atoms with Gasteiger partial charge in [0.2, 0.25) is 0 Å². The SMILES string of the molecule is CCc1ccc(CN[C@@H](C)c2ccccc2Br)cc1. The molecule has 2 aromatic carbocycles. The van der Waals surface area contributed by atoms with Gasteiger partial charge in [0.25, 0.3) is 0 Å². The largest absolute Gasteiger partial charge is 0.306 e. The fourth-order valence-corrected chi connectivity index (χ4v) is 2.73. The van der Waals surface area contributed by atoms with E-state index >= 15 is 0 Å². The summed E-state index contributed by atoms with van der Waals surface area (Å²) in [5, 5.41) is 3.56. The lowest BCUT2D eigenvalue weighted by Gasteiger charge is -2.16. The molecule has 19 heavy (non-hydrogen) atoms. The Labute approximate surface area is 124 Å². The van der Waals surface area contributed by atoms with Gasteiger partial charge in [0, 0.05) is 17.1 Å². The Morgan fingerprint density at radius 3 is 2.26 bits per heavy atom. The molecule has 0 fully saturated rings. The Hall–Kier alpha value is -1.12. The van der Waals surface area contributed by atoms with Crippen LogP contribution in [0.2, 0.25) is 0 Å². The molecule has 0 spiro atoms. The molecule has 100 valence electrons. The van der Waals surface area contributed by atoms with Crippen LogP contribution >= 0.6 is 15.9 Å². The quantitative estimate of drug-likeness (QED) is 0.830. The van der Waals surface area contributed by atoms with Crippen molar-refractivity contribution in [1.29, 1.82) is 0 Å². The van der Waals surface area contributed by atoms with Crippen molar-refractivity contribution in [3.63, 3.8) is 0 Å². The summed E-state index contributed by atoms with van der Waals surface area (Å²) in [5.41, 5.74) is 4.02. The fourth-order valence-electron chi connectivity index (χ4n) is 2.10. The number of nitrogens with one attached hydrogen (secondary N) is 1. The third-order valence-corrected chi connectivity index (χ3v) is 4.14. The van der Waals surface area contributed by atoms with Gasteiger partial charge >= 0.3 is 0 Å². The molecule has 0 saturated heterocycles. The van der Waals surface area contributed by atoms with Gasteiger partial charge < -0.3 is 5.32 Å². The maximum absolute atomic E-state index is 3.60. The van der Waals surface area contributed by atoms with Gasteiger partial charge in [-0.3, -0.25) is 0 Å². The van der Waals surface area contributed by atoms with Gasteiger partial charge in [0.05, 0.1) is 0 Å². The van der Waals surface area contributed by atoms with Gasteiger partial charge in [0.15, 0.2) is 0 Å². The summed E-state index contributed by atoms with van der Waals surface area (Å²) in [6.07, 6.45) is 1.10. The molecular formula is C17H20BrN. The minimum atomic E-state index is 0.335. The van der Waals surface area contributed by atoms with Crippen molar-refractivity contribution in [2.75, 3.05) is 0 Å². The number of benzene rings is 2. The van der Waals surface area contributed by atoms with Gasteiger partial charge in [-0.15, -0.1) is 0 Å². The van der Waals surface area contributed by atoms with Crippen molar-refractivity contribution in [3.05, 3.63) is 69.7 Å². The molecule has 2 rings (SSSR count). The van der Waals surface area contributed by atoms with Gasteiger partial charge in [-0.1, -0.05) is 65.3 Å². The first-order valence-electron chi connectivity index (χ1n) is 6.76. The second-order valence-corrected chi connectivity index (χ2v) is 5.65. The fraction of sp³-hybridized carbons (Fsp3) is 0.294. The average molecular weight is 318 g/mol. The molecule has 0 aliphatic rings. The van der Waals surface area contributed by atoms with E-state index in [0.717, 1.165) is 17.4 Å². The van der Waals surface area contributed by atoms with E-state index in [9.17, 15) is 0 Å². The van der Waals surface area contributed by atoms with Crippen molar-refractivity contribution in [2.45, 2.75) is 32.9 Å². The first-order chi connectivity index (χ1) is 9.20. The first-order valence-corrected chi connectivity index (χ1v) is 7.55. The molecule has 0 amide bonds. The average Bonchev–Trinajstić information content (AvgIpc) is 2.46. The molecule has 0 radical (unpaired) electrons. The summed E-state index contributed by atoms with van der Waals surface area (Å²) < 4.78 is 1.16. The van der Waals surface area contributed by atoms with Gasteiger partial charge in [-0.05, 0) is 36.1 Å². The van der Waals surface area contributed by atoms with Crippen molar-refractivity contribution in [3.8, 4) is 0 Å². The topological polar surface area (TPSA) is 12.0 Å². The number of hydrogen-bond acceptors (Lipinski definition) is 1. The molecule has 0 unspecified atom stereocenters. The summed E-state index contributed by atoms with van der Waals surface area (Å²) in [4.78, 5) is 0. The van der Waals surface area contributed by atoms with Crippen LogP contribution in [0.5, 0.6) is 0 Å². The zero-order valence-electron chi connectivity index (χ0n) is 11.5. The summed E-state index contributed by atoms with van der Waals surface area (Å²) >= 11 is 3.60. The Morgan fingerprint density at radius 1 is 1.00 bits per heavy atom. The molecule has 2 aromatic rings. The molecule has 1 atom stereocenters. The second kappa shape index (κ2) is 6.88. The third-order valence-electron chi connectivity index (χ3n) is 3.42. The summed E-state index contributed by atoms with van der Waals surface area (Å²) in [7, 11) is 0. The van der Waals surface area contributed by atoms with Crippen molar-refractivity contribution < 1.29 is 0 Å². The van der Waals surface area contributed by atoms with E-state index in [0.29, 0.717) is 6.04 Å². The van der Waals surface area contributed by atoms with Gasteiger partial charge in [-0.2, -0.15) is 0 Å². The van der Waals surface area contributed by atoms with Crippen LogP contribution in [0.25, 0.3) is 0 Å². The minimum Gasteiger partial charge on any atom is -0.306 e. The molecule has 0 heterocycles. The highest BCUT2D eigenvalue weighted by Gasteiger charge is 2.07. The molecule has 0 aliphatic carbocycles. The van der Waals surface area contributed by atoms with E-state index in [4.69, 9.17) is 0 Å². The number of halogens is 1. The highest BCUT2D eigenvalue weighted by Crippen LogP contribution is 2.22. The molecule has 0 aliphatic heterocycles. The smallest absolute Gasteiger partial charge is 0.0306 e. The zero-order chi connectivity index (χ0) is 13.7. The molecular weight excluding hydrogens is 298 g/mol. The number of hydrogen-bond donors (Lipinski definition) is 1. The Balaban J connectivity index is 1.96. The molecule has 2 heteroatoms. The lowest BCUT2D eigenvalue weighted by Crippen LogP contribution is -2.18. The second-order valence-electron chi connectivity index (χ2n) is 4.79. The lowest BCUT2D eigenvalue weighted by molar-refractivity contribution is 0.573. The maximum Gasteiger partial charge on any atom is 0.0306 e. The van der Waals surface area contributed by atoms with E-state index in [1.165, 1.54) is 16.7 Å². The van der Waals surface area contributed by atoms with Crippen molar-refractivity contribution in [2.24, 2.45) is 0 Å². The Bertz CT molecular complexity index is 519. The van der Waals surface area contributed by atoms with Gasteiger partial charge in [0.1, 0.15) is 0 Å². The van der Waals surface area contributed by atoms with Crippen LogP contribution in [0.15, 0.2) is 53.0 Å². The number of rotatable bonds is 5. The highest BCUT2D eigenvalue weighted by atomic mass is 79.9. The van der Waals surface area contributed by atoms with Gasteiger partial charge in [-0.25, -0.2) is 0 Å². The van der Waals surface area contributed by atoms with E-state index in [-0.39, 0.29) is 0 Å². The number of aryl methyl sites for hydroxylation is 1. The van der Waals surface area contributed by atoms with Crippen LogP contribution < -0.4 is 5.32 Å². The highest BCUT2D eigenvalue weighted by molar-refractivity contribution is 9.10. The standard InChI is InChI=1S/C17H20BrN/c1-3-14-8-10-15(11-9-14)12-19-13(2)16-6-4-5-7-17(16)18/h4-11,13,19H,3,12H2,1-2H3/t13-/m0/s1. The van der Waals surface area contributed by atoms with Crippen LogP contribution in [0.3, 0.4) is 0 Å². The maximum atomic E-state index is 3.60. The van der Waals surface area contributed by atoms with Crippen LogP contribution in [0.1, 0.15) is 36.6 Å². The van der Waals surface area contributed by atoms with Crippen LogP contribution in [0.4, 0.5) is 0 Å². The van der Waals surface area contributed by atoms with Crippen LogP contribution in [-0.4, -0.2) is 0 Å². The molecule has 1 nitrogen and oxygen atoms in total. The predicted molar refractivity (Wildman–Crippen MR) is 85.2 cm³/mol. The van der Waals surface area contributed by atoms with E-state index < -0.39 is 0 Å². The van der Waals surface area contributed by atoms with Crippen molar-refractivity contribution >= 4 is 15.9 Å². The minimum absolute atomic E-state index is 0.335. The lowest BCUT2D eigenvalue weighted by atomic mass is 10.1. The summed E-state index contributed by atoms with van der Waals surface area (Å²) in [6.45, 7) is 5.27. The molecule has 0 aromatic heterocycles. The molecule has 0 bridgehead atoms. The summed E-state index contributed by atoms with van der Waals surface area (Å²) in [6, 6.07) is 17.5. The Morgan fingerprint density at radius 2 is 1.63 bits per heavy atom. The Kier molecular flexibility index (Phi) is 5.17. The van der Waals surface area contributed by atoms with Crippen molar-refractivity contribution in [1.82, 2.24) is 5.32 Å². The van der Waals surface area contributed by atoms with E-state index in [1.807, 2.05) is 6.07 Å². The normalized spacial score (nSPS) is 12.4. The third kappa shape index (κ3) is 3.92. The van der Waals surface area contributed by atoms with E-state index in [2.05, 4.69) is 77.6 Å². The summed E-state index contributed by atoms with van der Waals surface area (Å²) in [5.74, 6) is 0. The first kappa shape index (κ1) is 14.3. The zero-order valence-corrected chi connectivity index (χ0v) is 13.1. The molecule has 1 N–H and O–H groups in total. The monoisotopic (exact) mass is 317 g/mol.